The summed E-state index contributed by atoms with van der Waals surface area (Å²) < 4.78 is 1.09. The number of benzene rings is 4. The van der Waals surface area contributed by atoms with Gasteiger partial charge in [-0.1, -0.05) is 137 Å². The van der Waals surface area contributed by atoms with Crippen molar-refractivity contribution in [3.63, 3.8) is 0 Å². The second-order valence-corrected chi connectivity index (χ2v) is 18.9. The first-order valence-corrected chi connectivity index (χ1v) is 18.4. The van der Waals surface area contributed by atoms with E-state index in [0.717, 1.165) is 48.7 Å². The Kier molecular flexibility index (Phi) is 10.4. The molecule has 6 aromatic rings. The number of phenols is 1. The van der Waals surface area contributed by atoms with Crippen molar-refractivity contribution in [3.8, 4) is 49.8 Å². The zero-order chi connectivity index (χ0) is 36.4. The maximum absolute atomic E-state index is 10.7. The number of thiazole rings is 1. The van der Waals surface area contributed by atoms with Crippen LogP contribution in [0.1, 0.15) is 105 Å². The summed E-state index contributed by atoms with van der Waals surface area (Å²) >= 11 is 1.62. The van der Waals surface area contributed by atoms with Gasteiger partial charge in [0.2, 0.25) is 0 Å². The Bertz CT molecular complexity index is 2190. The molecule has 0 saturated heterocycles. The molecule has 1 N–H and O–H groups in total. The van der Waals surface area contributed by atoms with Crippen LogP contribution in [0.4, 0.5) is 0 Å². The van der Waals surface area contributed by atoms with Crippen LogP contribution in [-0.4, -0.2) is 15.1 Å². The Morgan fingerprint density at radius 3 is 1.71 bits per heavy atom. The quantitative estimate of drug-likeness (QED) is 0.180. The van der Waals surface area contributed by atoms with Crippen LogP contribution in [0, 0.1) is 6.07 Å². The van der Waals surface area contributed by atoms with Crippen LogP contribution in [0.2, 0.25) is 0 Å². The van der Waals surface area contributed by atoms with E-state index in [0.29, 0.717) is 0 Å². The van der Waals surface area contributed by atoms with Gasteiger partial charge in [0.25, 0.3) is 0 Å². The van der Waals surface area contributed by atoms with Crippen LogP contribution < -0.4 is 0 Å². The van der Waals surface area contributed by atoms with Gasteiger partial charge >= 0.3 is 0 Å². The maximum Gasteiger partial charge on any atom is 0.127 e. The number of aromatic nitrogens is 2. The van der Waals surface area contributed by atoms with E-state index in [1.165, 1.54) is 27.8 Å². The summed E-state index contributed by atoms with van der Waals surface area (Å²) in [5.41, 5.74) is 12.9. The van der Waals surface area contributed by atoms with Crippen molar-refractivity contribution in [2.75, 3.05) is 0 Å². The van der Waals surface area contributed by atoms with E-state index in [1.54, 1.807) is 17.4 Å². The molecular formula is C46H51N2OPtS-. The number of hydrogen-bond acceptors (Lipinski definition) is 4. The fraction of sp³-hybridized carbons (Fsp3) is 0.348. The van der Waals surface area contributed by atoms with E-state index in [2.05, 4.69) is 144 Å². The predicted molar refractivity (Wildman–Crippen MR) is 214 cm³/mol. The zero-order valence-electron chi connectivity index (χ0n) is 32.1. The summed E-state index contributed by atoms with van der Waals surface area (Å²) in [6, 6.07) is 31.7. The molecular weight excluding hydrogens is 824 g/mol. The molecule has 4 aromatic carbocycles. The molecule has 0 bridgehead atoms. The summed E-state index contributed by atoms with van der Waals surface area (Å²) in [6.45, 7) is 27.2. The van der Waals surface area contributed by atoms with E-state index in [-0.39, 0.29) is 48.5 Å². The molecule has 0 unspecified atom stereocenters. The molecule has 51 heavy (non-hydrogen) atoms. The van der Waals surface area contributed by atoms with E-state index in [1.807, 2.05) is 24.4 Å². The first-order valence-electron chi connectivity index (χ1n) is 17.6. The second kappa shape index (κ2) is 13.8. The number of fused-ring (bicyclic) bond motifs is 1. The van der Waals surface area contributed by atoms with Crippen LogP contribution >= 0.6 is 11.3 Å². The molecule has 0 radical (unpaired) electrons. The minimum absolute atomic E-state index is 0. The van der Waals surface area contributed by atoms with Gasteiger partial charge < -0.3 is 5.11 Å². The molecule has 5 heteroatoms. The average molecular weight is 875 g/mol. The van der Waals surface area contributed by atoms with E-state index in [9.17, 15) is 5.11 Å². The number of rotatable bonds is 4. The van der Waals surface area contributed by atoms with Crippen molar-refractivity contribution in [2.45, 2.75) is 105 Å². The maximum atomic E-state index is 10.7. The van der Waals surface area contributed by atoms with Crippen molar-refractivity contribution in [2.24, 2.45) is 0 Å². The molecule has 3 nitrogen and oxygen atoms in total. The molecule has 2 heterocycles. The smallest absolute Gasteiger partial charge is 0.127 e. The normalized spacial score (nSPS) is 12.6. The molecule has 0 fully saturated rings. The van der Waals surface area contributed by atoms with Crippen LogP contribution in [0.25, 0.3) is 54.3 Å². The van der Waals surface area contributed by atoms with Gasteiger partial charge in [0.1, 0.15) is 10.8 Å². The summed E-state index contributed by atoms with van der Waals surface area (Å²) in [4.78, 5) is 10.1. The minimum atomic E-state index is -0.108. The number of pyridine rings is 1. The Labute approximate surface area is 323 Å². The van der Waals surface area contributed by atoms with Crippen LogP contribution in [0.3, 0.4) is 0 Å². The number of nitrogens with zero attached hydrogens (tertiary/aromatic N) is 2. The van der Waals surface area contributed by atoms with Gasteiger partial charge in [-0.3, -0.25) is 4.98 Å². The van der Waals surface area contributed by atoms with E-state index >= 15 is 0 Å². The summed E-state index contributed by atoms with van der Waals surface area (Å²) in [6.07, 6.45) is 1.93. The van der Waals surface area contributed by atoms with Crippen molar-refractivity contribution >= 4 is 21.6 Å². The SMILES string of the molecule is CC(C)(C)c1cc(-c2cc(-c3cc(C(C)(C)C)cc(C(C)(C)C)c3)ccn2)[c-]c(-c2cc(C(C)(C)C)cc3sc(-c4ccccc4O)nc23)c1.[Pt]. The molecule has 0 saturated carbocycles. The van der Waals surface area contributed by atoms with Gasteiger partial charge in [-0.05, 0) is 73.7 Å². The van der Waals surface area contributed by atoms with Crippen molar-refractivity contribution < 1.29 is 26.2 Å². The minimum Gasteiger partial charge on any atom is -0.507 e. The number of phenolic OH excluding ortho intramolecular Hbond substituents is 1. The monoisotopic (exact) mass is 874 g/mol. The van der Waals surface area contributed by atoms with Crippen molar-refractivity contribution in [1.82, 2.24) is 9.97 Å². The molecule has 0 aliphatic carbocycles. The molecule has 0 spiro atoms. The van der Waals surface area contributed by atoms with Crippen LogP contribution in [-0.2, 0) is 42.7 Å². The second-order valence-electron chi connectivity index (χ2n) is 17.8. The van der Waals surface area contributed by atoms with Gasteiger partial charge in [-0.25, -0.2) is 4.98 Å². The average Bonchev–Trinajstić information content (AvgIpc) is 3.47. The van der Waals surface area contributed by atoms with Gasteiger partial charge in [0.05, 0.1) is 11.1 Å². The third-order valence-electron chi connectivity index (χ3n) is 9.55. The molecule has 2 aromatic heterocycles. The predicted octanol–water partition coefficient (Wildman–Crippen LogP) is 13.1. The first kappa shape index (κ1) is 38.6. The van der Waals surface area contributed by atoms with Crippen LogP contribution in [0.15, 0.2) is 85.1 Å². The Hall–Kier alpha value is -3.59. The Morgan fingerprint density at radius 2 is 1.12 bits per heavy atom. The molecule has 0 atom stereocenters. The van der Waals surface area contributed by atoms with E-state index < -0.39 is 0 Å². The van der Waals surface area contributed by atoms with E-state index in [4.69, 9.17) is 9.97 Å². The number of para-hydroxylation sites is 1. The largest absolute Gasteiger partial charge is 0.507 e. The molecule has 6 rings (SSSR count). The molecule has 268 valence electrons. The standard InChI is InChI=1S/C46H51N2OS.Pt/c1-43(2,3)32-22-30(37-26-35(46(10,11)12)27-40-41(37)48-42(50-40)36-15-13-14-16-39(36)49)19-31(23-32)38-24-28(17-18-47-38)29-20-33(44(4,5)6)25-34(21-29)45(7,8)9;/h13-18,20-27,49H,1-12H3;/q-1;. The van der Waals surface area contributed by atoms with Crippen LogP contribution in [0.5, 0.6) is 5.75 Å². The summed E-state index contributed by atoms with van der Waals surface area (Å²) in [5, 5.41) is 11.5. The third kappa shape index (κ3) is 8.24. The fourth-order valence-electron chi connectivity index (χ4n) is 6.14. The Balaban J connectivity index is 0.00000504. The van der Waals surface area contributed by atoms with Gasteiger partial charge in [0, 0.05) is 37.7 Å². The first-order chi connectivity index (χ1) is 23.2. The summed E-state index contributed by atoms with van der Waals surface area (Å²) in [5.74, 6) is 0.237. The van der Waals surface area contributed by atoms with Gasteiger partial charge in [-0.2, -0.15) is 0 Å². The van der Waals surface area contributed by atoms with Crippen molar-refractivity contribution in [1.29, 1.82) is 0 Å². The summed E-state index contributed by atoms with van der Waals surface area (Å²) in [7, 11) is 0. The molecule has 0 amide bonds. The van der Waals surface area contributed by atoms with Gasteiger partial charge in [0.15, 0.2) is 0 Å². The molecule has 0 aliphatic heterocycles. The zero-order valence-corrected chi connectivity index (χ0v) is 35.2. The number of hydrogen-bond donors (Lipinski definition) is 1. The Morgan fingerprint density at radius 1 is 0.569 bits per heavy atom. The fourth-order valence-corrected chi connectivity index (χ4v) is 7.21. The van der Waals surface area contributed by atoms with Crippen molar-refractivity contribution in [3.05, 3.63) is 113 Å². The van der Waals surface area contributed by atoms with Gasteiger partial charge in [-0.15, -0.1) is 40.7 Å². The molecule has 0 aliphatic rings. The third-order valence-corrected chi connectivity index (χ3v) is 10.6. The topological polar surface area (TPSA) is 46.0 Å². The number of aromatic hydroxyl groups is 1.